The molecule has 2 aromatic carbocycles. The number of piperidine rings is 1. The molecule has 2 aromatic rings. The molecule has 1 heterocycles. The molecule has 6 heteroatoms. The predicted octanol–water partition coefficient (Wildman–Crippen LogP) is 3.99. The average Bonchev–Trinajstić information content (AvgIpc) is 2.72. The Morgan fingerprint density at radius 1 is 1.00 bits per heavy atom. The number of hydrogen-bond donors (Lipinski definition) is 1. The molecule has 1 fully saturated rings. The molecular formula is C23H30N2O3S. The van der Waals surface area contributed by atoms with Gasteiger partial charge in [-0.2, -0.15) is 4.31 Å². The Bertz CT molecular complexity index is 922. The summed E-state index contributed by atoms with van der Waals surface area (Å²) in [6.07, 6.45) is 1.28. The van der Waals surface area contributed by atoms with E-state index in [-0.39, 0.29) is 34.7 Å². The van der Waals surface area contributed by atoms with E-state index < -0.39 is 10.0 Å². The molecule has 2 atom stereocenters. The minimum atomic E-state index is -3.72. The van der Waals surface area contributed by atoms with Crippen molar-refractivity contribution in [3.63, 3.8) is 0 Å². The van der Waals surface area contributed by atoms with Crippen molar-refractivity contribution in [1.82, 2.24) is 9.62 Å². The van der Waals surface area contributed by atoms with E-state index in [2.05, 4.69) is 26.1 Å². The third-order valence-electron chi connectivity index (χ3n) is 5.23. The third-order valence-corrected chi connectivity index (χ3v) is 7.12. The molecule has 0 radical (unpaired) electrons. The van der Waals surface area contributed by atoms with Crippen LogP contribution in [0.25, 0.3) is 0 Å². The van der Waals surface area contributed by atoms with Gasteiger partial charge in [0.05, 0.1) is 16.9 Å². The Labute approximate surface area is 174 Å². The van der Waals surface area contributed by atoms with Crippen molar-refractivity contribution in [2.75, 3.05) is 13.1 Å². The number of nitrogens with zero attached hydrogens (tertiary/aromatic N) is 1. The molecule has 0 aromatic heterocycles. The second-order valence-corrected chi connectivity index (χ2v) is 10.8. The predicted molar refractivity (Wildman–Crippen MR) is 115 cm³/mol. The standard InChI is InChI=1S/C23H30N2O3S/c1-23(2,3)17-24-22(26)19-14-15-21(18-10-6-4-7-11-18)25(16-19)29(27,28)20-12-8-5-9-13-20/h4-13,19,21H,14-17H2,1-3H3,(H,24,26). The van der Waals surface area contributed by atoms with Crippen molar-refractivity contribution in [2.45, 2.75) is 44.6 Å². The first kappa shape index (κ1) is 21.5. The van der Waals surface area contributed by atoms with E-state index in [0.717, 1.165) is 5.56 Å². The normalized spacial score (nSPS) is 20.9. The van der Waals surface area contributed by atoms with Gasteiger partial charge >= 0.3 is 0 Å². The molecule has 1 aliphatic heterocycles. The van der Waals surface area contributed by atoms with Crippen molar-refractivity contribution in [3.8, 4) is 0 Å². The van der Waals surface area contributed by atoms with Crippen LogP contribution in [0.4, 0.5) is 0 Å². The van der Waals surface area contributed by atoms with Gasteiger partial charge in [-0.3, -0.25) is 4.79 Å². The highest BCUT2D eigenvalue weighted by Crippen LogP contribution is 2.37. The first-order valence-corrected chi connectivity index (χ1v) is 11.5. The van der Waals surface area contributed by atoms with Crippen molar-refractivity contribution < 1.29 is 13.2 Å². The van der Waals surface area contributed by atoms with Gasteiger partial charge in [-0.05, 0) is 36.0 Å². The summed E-state index contributed by atoms with van der Waals surface area (Å²) in [7, 11) is -3.72. The summed E-state index contributed by atoms with van der Waals surface area (Å²) in [6.45, 7) is 6.94. The van der Waals surface area contributed by atoms with Crippen molar-refractivity contribution in [1.29, 1.82) is 0 Å². The van der Waals surface area contributed by atoms with Crippen LogP contribution in [0, 0.1) is 11.3 Å². The molecule has 29 heavy (non-hydrogen) atoms. The summed E-state index contributed by atoms with van der Waals surface area (Å²) in [5.41, 5.74) is 0.938. The maximum absolute atomic E-state index is 13.5. The Balaban J connectivity index is 1.89. The van der Waals surface area contributed by atoms with Gasteiger partial charge in [0.2, 0.25) is 15.9 Å². The van der Waals surface area contributed by atoms with E-state index in [4.69, 9.17) is 0 Å². The van der Waals surface area contributed by atoms with Crippen LogP contribution in [0.15, 0.2) is 65.6 Å². The molecule has 0 bridgehead atoms. The second-order valence-electron chi connectivity index (χ2n) is 8.87. The van der Waals surface area contributed by atoms with Crippen molar-refractivity contribution in [3.05, 3.63) is 66.2 Å². The number of carbonyl (C=O) groups is 1. The van der Waals surface area contributed by atoms with Gasteiger partial charge < -0.3 is 5.32 Å². The topological polar surface area (TPSA) is 66.5 Å². The Kier molecular flexibility index (Phi) is 6.44. The summed E-state index contributed by atoms with van der Waals surface area (Å²) in [5, 5.41) is 3.00. The zero-order valence-corrected chi connectivity index (χ0v) is 18.2. The van der Waals surface area contributed by atoms with E-state index in [0.29, 0.717) is 19.4 Å². The Morgan fingerprint density at radius 3 is 2.17 bits per heavy atom. The lowest BCUT2D eigenvalue weighted by Gasteiger charge is -2.38. The first-order valence-electron chi connectivity index (χ1n) is 10.1. The van der Waals surface area contributed by atoms with E-state index in [1.807, 2.05) is 30.3 Å². The quantitative estimate of drug-likeness (QED) is 0.804. The number of hydrogen-bond acceptors (Lipinski definition) is 3. The molecule has 5 nitrogen and oxygen atoms in total. The minimum Gasteiger partial charge on any atom is -0.355 e. The molecule has 0 spiro atoms. The smallest absolute Gasteiger partial charge is 0.243 e. The number of benzene rings is 2. The van der Waals surface area contributed by atoms with E-state index in [9.17, 15) is 13.2 Å². The first-order chi connectivity index (χ1) is 13.7. The summed E-state index contributed by atoms with van der Waals surface area (Å²) >= 11 is 0. The molecule has 0 saturated carbocycles. The van der Waals surface area contributed by atoms with Crippen LogP contribution < -0.4 is 5.32 Å². The van der Waals surface area contributed by atoms with Gasteiger partial charge in [0.15, 0.2) is 0 Å². The number of sulfonamides is 1. The lowest BCUT2D eigenvalue weighted by molar-refractivity contribution is -0.126. The Morgan fingerprint density at radius 2 is 1.59 bits per heavy atom. The van der Waals surface area contributed by atoms with Crippen LogP contribution >= 0.6 is 0 Å². The van der Waals surface area contributed by atoms with Gasteiger partial charge in [-0.1, -0.05) is 69.3 Å². The number of carbonyl (C=O) groups excluding carboxylic acids is 1. The van der Waals surface area contributed by atoms with Crippen LogP contribution in [-0.4, -0.2) is 31.7 Å². The number of nitrogens with one attached hydrogen (secondary N) is 1. The van der Waals surface area contributed by atoms with Gasteiger partial charge in [0, 0.05) is 13.1 Å². The fourth-order valence-electron chi connectivity index (χ4n) is 3.65. The van der Waals surface area contributed by atoms with Crippen LogP contribution in [-0.2, 0) is 14.8 Å². The molecule has 0 aliphatic carbocycles. The van der Waals surface area contributed by atoms with E-state index >= 15 is 0 Å². The van der Waals surface area contributed by atoms with Gasteiger partial charge in [-0.15, -0.1) is 0 Å². The molecular weight excluding hydrogens is 384 g/mol. The number of rotatable bonds is 5. The lowest BCUT2D eigenvalue weighted by Crippen LogP contribution is -2.47. The van der Waals surface area contributed by atoms with Crippen LogP contribution in [0.3, 0.4) is 0 Å². The zero-order chi connectivity index (χ0) is 21.1. The molecule has 2 unspecified atom stereocenters. The minimum absolute atomic E-state index is 0.0211. The molecule has 1 amide bonds. The largest absolute Gasteiger partial charge is 0.355 e. The van der Waals surface area contributed by atoms with E-state index in [1.165, 1.54) is 4.31 Å². The molecule has 3 rings (SSSR count). The van der Waals surface area contributed by atoms with E-state index in [1.54, 1.807) is 30.3 Å². The zero-order valence-electron chi connectivity index (χ0n) is 17.3. The summed E-state index contributed by atoms with van der Waals surface area (Å²) in [6, 6.07) is 17.9. The number of amides is 1. The summed E-state index contributed by atoms with van der Waals surface area (Å²) < 4.78 is 28.4. The molecule has 156 valence electrons. The fourth-order valence-corrected chi connectivity index (χ4v) is 5.36. The fraction of sp³-hybridized carbons (Fsp3) is 0.435. The van der Waals surface area contributed by atoms with Crippen LogP contribution in [0.2, 0.25) is 0 Å². The van der Waals surface area contributed by atoms with Gasteiger partial charge in [0.1, 0.15) is 0 Å². The van der Waals surface area contributed by atoms with Crippen LogP contribution in [0.5, 0.6) is 0 Å². The SMILES string of the molecule is CC(C)(C)CNC(=O)C1CCC(c2ccccc2)N(S(=O)(=O)c2ccccc2)C1. The maximum atomic E-state index is 13.5. The van der Waals surface area contributed by atoms with Gasteiger partial charge in [0.25, 0.3) is 0 Å². The van der Waals surface area contributed by atoms with Gasteiger partial charge in [-0.25, -0.2) is 8.42 Å². The Hall–Kier alpha value is -2.18. The lowest BCUT2D eigenvalue weighted by atomic mass is 9.90. The summed E-state index contributed by atoms with van der Waals surface area (Å²) in [5.74, 6) is -0.421. The summed E-state index contributed by atoms with van der Waals surface area (Å²) in [4.78, 5) is 13.0. The maximum Gasteiger partial charge on any atom is 0.243 e. The monoisotopic (exact) mass is 414 g/mol. The highest BCUT2D eigenvalue weighted by molar-refractivity contribution is 7.89. The van der Waals surface area contributed by atoms with Crippen molar-refractivity contribution in [2.24, 2.45) is 11.3 Å². The van der Waals surface area contributed by atoms with Crippen LogP contribution in [0.1, 0.15) is 45.2 Å². The molecule has 1 saturated heterocycles. The highest BCUT2D eigenvalue weighted by atomic mass is 32.2. The molecule has 1 aliphatic rings. The third kappa shape index (κ3) is 5.25. The highest BCUT2D eigenvalue weighted by Gasteiger charge is 2.40. The average molecular weight is 415 g/mol. The second kappa shape index (κ2) is 8.67. The molecule has 1 N–H and O–H groups in total. The van der Waals surface area contributed by atoms with Crippen molar-refractivity contribution >= 4 is 15.9 Å².